The van der Waals surface area contributed by atoms with Gasteiger partial charge in [-0.05, 0) is 6.42 Å². The van der Waals surface area contributed by atoms with Crippen molar-refractivity contribution in [3.05, 3.63) is 0 Å². The van der Waals surface area contributed by atoms with E-state index in [1.165, 1.54) is 0 Å². The van der Waals surface area contributed by atoms with E-state index in [2.05, 4.69) is 0 Å². The van der Waals surface area contributed by atoms with Gasteiger partial charge in [0.05, 0.1) is 52.9 Å². The molecule has 0 fully saturated rings. The molecule has 0 aliphatic carbocycles. The van der Waals surface area contributed by atoms with E-state index in [0.29, 0.717) is 6.42 Å². The predicted molar refractivity (Wildman–Crippen MR) is 110 cm³/mol. The van der Waals surface area contributed by atoms with Crippen LogP contribution in [0.1, 0.15) is 32.1 Å². The first-order valence-electron chi connectivity index (χ1n) is 11.4. The van der Waals surface area contributed by atoms with Crippen LogP contribution in [0.5, 0.6) is 0 Å². The van der Waals surface area contributed by atoms with Crippen molar-refractivity contribution in [1.29, 1.82) is 0 Å². The zero-order valence-corrected chi connectivity index (χ0v) is 20.1. The summed E-state index contributed by atoms with van der Waals surface area (Å²) in [7, 11) is 0. The largest absolute Gasteiger partial charge is 0.396 e. The van der Waals surface area contributed by atoms with Crippen molar-refractivity contribution in [3.8, 4) is 0 Å². The molecule has 0 aliphatic heterocycles. The highest BCUT2D eigenvalue weighted by Gasteiger charge is 2.44. The Kier molecular flexibility index (Phi) is 17.2. The van der Waals surface area contributed by atoms with Crippen LogP contribution in [0.4, 0.5) is 43.9 Å². The standard InChI is InChI=1S/C21H34F10O6/c22-18(23,14-20(26,27)28)2-6-36-12-16(8-32)10-34-4-1-5-35-11-17(9-33)13-37-7-3-19(24,25)15-21(29,30)31/h16-17,32-33H,1-15H2. The van der Waals surface area contributed by atoms with Crippen molar-refractivity contribution in [1.82, 2.24) is 0 Å². The average Bonchev–Trinajstić information content (AvgIpc) is 2.72. The van der Waals surface area contributed by atoms with Gasteiger partial charge in [0.25, 0.3) is 11.8 Å². The summed E-state index contributed by atoms with van der Waals surface area (Å²) in [5, 5.41) is 18.5. The molecule has 0 aliphatic rings. The Morgan fingerprint density at radius 1 is 0.486 bits per heavy atom. The fourth-order valence-corrected chi connectivity index (χ4v) is 2.78. The molecular formula is C21H34F10O6. The Hall–Kier alpha value is -0.940. The Morgan fingerprint density at radius 2 is 0.784 bits per heavy atom. The molecule has 0 amide bonds. The van der Waals surface area contributed by atoms with Crippen LogP contribution in [0, 0.1) is 11.8 Å². The van der Waals surface area contributed by atoms with E-state index in [-0.39, 0.29) is 39.6 Å². The van der Waals surface area contributed by atoms with Crippen LogP contribution in [0.2, 0.25) is 0 Å². The molecule has 0 saturated heterocycles. The molecule has 2 N–H and O–H groups in total. The van der Waals surface area contributed by atoms with Crippen molar-refractivity contribution in [2.75, 3.05) is 66.1 Å². The van der Waals surface area contributed by atoms with E-state index in [1.807, 2.05) is 0 Å². The number of aliphatic hydroxyl groups excluding tert-OH is 2. The number of ether oxygens (including phenoxy) is 4. The summed E-state index contributed by atoms with van der Waals surface area (Å²) in [5.41, 5.74) is 0. The van der Waals surface area contributed by atoms with Crippen LogP contribution in [-0.4, -0.2) is 100 Å². The smallest absolute Gasteiger partial charge is 0.394 e. The van der Waals surface area contributed by atoms with Gasteiger partial charge in [0, 0.05) is 37.9 Å². The lowest BCUT2D eigenvalue weighted by atomic mass is 10.1. The maximum absolute atomic E-state index is 13.2. The topological polar surface area (TPSA) is 77.4 Å². The number of alkyl halides is 10. The Labute approximate surface area is 208 Å². The molecule has 0 aromatic heterocycles. The van der Waals surface area contributed by atoms with Crippen LogP contribution in [0.25, 0.3) is 0 Å². The predicted octanol–water partition coefficient (Wildman–Crippen LogP) is 4.62. The molecule has 0 radical (unpaired) electrons. The number of rotatable bonds is 22. The first-order valence-corrected chi connectivity index (χ1v) is 11.4. The minimum atomic E-state index is -5.00. The zero-order valence-electron chi connectivity index (χ0n) is 20.1. The summed E-state index contributed by atoms with van der Waals surface area (Å²) in [6, 6.07) is 0. The summed E-state index contributed by atoms with van der Waals surface area (Å²) >= 11 is 0. The fourth-order valence-electron chi connectivity index (χ4n) is 2.78. The van der Waals surface area contributed by atoms with Crippen LogP contribution >= 0.6 is 0 Å². The van der Waals surface area contributed by atoms with Gasteiger partial charge in [0.2, 0.25) is 0 Å². The highest BCUT2D eigenvalue weighted by molar-refractivity contribution is 4.71. The number of aliphatic hydroxyl groups is 2. The Bertz CT molecular complexity index is 527. The Balaban J connectivity index is 3.88. The second-order valence-corrected chi connectivity index (χ2v) is 8.55. The first-order chi connectivity index (χ1) is 17.0. The second-order valence-electron chi connectivity index (χ2n) is 8.55. The van der Waals surface area contributed by atoms with E-state index in [9.17, 15) is 54.1 Å². The van der Waals surface area contributed by atoms with Gasteiger partial charge >= 0.3 is 12.4 Å². The van der Waals surface area contributed by atoms with Crippen molar-refractivity contribution >= 4 is 0 Å². The number of hydrogen-bond acceptors (Lipinski definition) is 6. The summed E-state index contributed by atoms with van der Waals surface area (Å²) in [4.78, 5) is 0. The number of halogens is 10. The summed E-state index contributed by atoms with van der Waals surface area (Å²) in [6.07, 6.45) is -16.3. The lowest BCUT2D eigenvalue weighted by molar-refractivity contribution is -0.193. The lowest BCUT2D eigenvalue weighted by Crippen LogP contribution is -2.28. The van der Waals surface area contributed by atoms with E-state index in [1.54, 1.807) is 0 Å². The van der Waals surface area contributed by atoms with E-state index in [0.717, 1.165) is 0 Å². The maximum atomic E-state index is 13.2. The third-order valence-electron chi connectivity index (χ3n) is 4.65. The van der Waals surface area contributed by atoms with E-state index < -0.39 is 88.1 Å². The monoisotopic (exact) mass is 572 g/mol. The molecule has 0 rings (SSSR count). The van der Waals surface area contributed by atoms with Crippen molar-refractivity contribution in [2.24, 2.45) is 11.8 Å². The molecule has 0 spiro atoms. The quantitative estimate of drug-likeness (QED) is 0.146. The van der Waals surface area contributed by atoms with Gasteiger partial charge in [0.1, 0.15) is 12.8 Å². The molecule has 6 nitrogen and oxygen atoms in total. The summed E-state index contributed by atoms with van der Waals surface area (Å²) in [5.74, 6) is -9.07. The van der Waals surface area contributed by atoms with E-state index >= 15 is 0 Å². The highest BCUT2D eigenvalue weighted by Crippen LogP contribution is 2.34. The minimum absolute atomic E-state index is 0.0124. The van der Waals surface area contributed by atoms with Gasteiger partial charge in [-0.3, -0.25) is 0 Å². The van der Waals surface area contributed by atoms with Gasteiger partial charge in [-0.1, -0.05) is 0 Å². The third kappa shape index (κ3) is 22.7. The summed E-state index contributed by atoms with van der Waals surface area (Å²) < 4.78 is 145. The fraction of sp³-hybridized carbons (Fsp3) is 1.00. The van der Waals surface area contributed by atoms with Crippen LogP contribution in [0.3, 0.4) is 0 Å². The molecular weight excluding hydrogens is 538 g/mol. The van der Waals surface area contributed by atoms with Gasteiger partial charge in [-0.25, -0.2) is 17.6 Å². The average molecular weight is 572 g/mol. The van der Waals surface area contributed by atoms with Crippen LogP contribution < -0.4 is 0 Å². The molecule has 2 unspecified atom stereocenters. The Morgan fingerprint density at radius 3 is 1.05 bits per heavy atom. The van der Waals surface area contributed by atoms with Crippen LogP contribution in [-0.2, 0) is 18.9 Å². The first kappa shape index (κ1) is 36.1. The minimum Gasteiger partial charge on any atom is -0.396 e. The molecule has 2 atom stereocenters. The molecule has 224 valence electrons. The second kappa shape index (κ2) is 17.6. The molecule has 0 aromatic rings. The van der Waals surface area contributed by atoms with Gasteiger partial charge in [0.15, 0.2) is 0 Å². The molecule has 0 heterocycles. The van der Waals surface area contributed by atoms with Crippen molar-refractivity contribution in [3.63, 3.8) is 0 Å². The molecule has 0 saturated carbocycles. The molecule has 0 bridgehead atoms. The van der Waals surface area contributed by atoms with Crippen LogP contribution in [0.15, 0.2) is 0 Å². The van der Waals surface area contributed by atoms with Gasteiger partial charge in [-0.2, -0.15) is 26.3 Å². The van der Waals surface area contributed by atoms with Crippen molar-refractivity contribution in [2.45, 2.75) is 56.3 Å². The van der Waals surface area contributed by atoms with Gasteiger partial charge < -0.3 is 29.2 Å². The highest BCUT2D eigenvalue weighted by atomic mass is 19.4. The summed E-state index contributed by atoms with van der Waals surface area (Å²) in [6.45, 7) is -2.17. The zero-order chi connectivity index (χ0) is 28.6. The number of hydrogen-bond donors (Lipinski definition) is 2. The molecule has 0 aromatic carbocycles. The van der Waals surface area contributed by atoms with E-state index in [4.69, 9.17) is 18.9 Å². The van der Waals surface area contributed by atoms with Crippen molar-refractivity contribution < 1.29 is 73.1 Å². The SMILES string of the molecule is OCC(COCCCOCC(CO)COCCC(F)(F)CC(F)(F)F)COCCC(F)(F)CC(F)(F)F. The molecule has 37 heavy (non-hydrogen) atoms. The van der Waals surface area contributed by atoms with Gasteiger partial charge in [-0.15, -0.1) is 0 Å². The third-order valence-corrected chi connectivity index (χ3v) is 4.65. The maximum Gasteiger partial charge on any atom is 0.394 e. The molecule has 16 heteroatoms. The normalized spacial score (nSPS) is 15.2. The lowest BCUT2D eigenvalue weighted by Gasteiger charge is -2.19.